The zero-order chi connectivity index (χ0) is 12.6. The topological polar surface area (TPSA) is 9.23 Å². The third kappa shape index (κ3) is 3.92. The van der Waals surface area contributed by atoms with Crippen molar-refractivity contribution in [3.8, 4) is 5.75 Å². The summed E-state index contributed by atoms with van der Waals surface area (Å²) in [5.74, 6) is 0.928. The molecular formula is C17H19O. The van der Waals surface area contributed by atoms with E-state index in [1.54, 1.807) is 7.11 Å². The molecule has 2 aromatic carbocycles. The van der Waals surface area contributed by atoms with Gasteiger partial charge in [-0.2, -0.15) is 0 Å². The van der Waals surface area contributed by atoms with Crippen LogP contribution in [0.2, 0.25) is 0 Å². The Morgan fingerprint density at radius 2 is 1.72 bits per heavy atom. The molecule has 18 heavy (non-hydrogen) atoms. The van der Waals surface area contributed by atoms with Gasteiger partial charge in [-0.25, -0.2) is 0 Å². The first-order valence-electron chi connectivity index (χ1n) is 6.47. The van der Waals surface area contributed by atoms with Gasteiger partial charge in [0.05, 0.1) is 7.11 Å². The maximum absolute atomic E-state index is 5.15. The van der Waals surface area contributed by atoms with Crippen molar-refractivity contribution in [1.82, 2.24) is 0 Å². The predicted molar refractivity (Wildman–Crippen MR) is 74.9 cm³/mol. The number of rotatable bonds is 6. The highest BCUT2D eigenvalue weighted by Gasteiger charge is 1.96. The van der Waals surface area contributed by atoms with Gasteiger partial charge in [-0.3, -0.25) is 0 Å². The lowest BCUT2D eigenvalue weighted by Gasteiger charge is -2.04. The number of methoxy groups -OCH3 is 1. The molecular weight excluding hydrogens is 220 g/mol. The first-order chi connectivity index (χ1) is 8.88. The van der Waals surface area contributed by atoms with Gasteiger partial charge in [-0.1, -0.05) is 36.4 Å². The fourth-order valence-electron chi connectivity index (χ4n) is 2.02. The molecule has 0 aliphatic heterocycles. The van der Waals surface area contributed by atoms with Gasteiger partial charge >= 0.3 is 0 Å². The summed E-state index contributed by atoms with van der Waals surface area (Å²) in [6, 6.07) is 19.8. The average Bonchev–Trinajstić information content (AvgIpc) is 2.45. The summed E-state index contributed by atoms with van der Waals surface area (Å²) in [6.45, 7) is 0. The smallest absolute Gasteiger partial charge is 0.118 e. The Bertz CT molecular complexity index is 445. The first-order valence-corrected chi connectivity index (χ1v) is 6.47. The van der Waals surface area contributed by atoms with Crippen molar-refractivity contribution < 1.29 is 4.74 Å². The highest BCUT2D eigenvalue weighted by molar-refractivity contribution is 5.27. The summed E-state index contributed by atoms with van der Waals surface area (Å²) in [4.78, 5) is 0. The van der Waals surface area contributed by atoms with Gasteiger partial charge < -0.3 is 4.74 Å². The standard InChI is InChI=1S/C17H19O/c1-18-17-13-11-16(12-14-17)10-6-5-9-15-7-3-2-4-8-15/h2-4,7,11-14H,5-6,9-10H2,1H3. The van der Waals surface area contributed by atoms with Crippen LogP contribution in [0.3, 0.4) is 0 Å². The van der Waals surface area contributed by atoms with Crippen LogP contribution in [0.25, 0.3) is 0 Å². The van der Waals surface area contributed by atoms with Crippen molar-refractivity contribution in [2.24, 2.45) is 0 Å². The molecule has 0 saturated carbocycles. The Morgan fingerprint density at radius 1 is 0.944 bits per heavy atom. The van der Waals surface area contributed by atoms with E-state index in [0.717, 1.165) is 18.6 Å². The number of hydrogen-bond donors (Lipinski definition) is 0. The third-order valence-electron chi connectivity index (χ3n) is 3.09. The fraction of sp³-hybridized carbons (Fsp3) is 0.294. The fourth-order valence-corrected chi connectivity index (χ4v) is 2.02. The van der Waals surface area contributed by atoms with E-state index in [2.05, 4.69) is 30.3 Å². The quantitative estimate of drug-likeness (QED) is 0.691. The number of benzene rings is 2. The summed E-state index contributed by atoms with van der Waals surface area (Å²) in [7, 11) is 1.70. The zero-order valence-electron chi connectivity index (χ0n) is 10.9. The molecule has 1 nitrogen and oxygen atoms in total. The van der Waals surface area contributed by atoms with E-state index >= 15 is 0 Å². The molecule has 0 aliphatic carbocycles. The largest absolute Gasteiger partial charge is 0.497 e. The second-order valence-electron chi connectivity index (χ2n) is 4.44. The summed E-state index contributed by atoms with van der Waals surface area (Å²) < 4.78 is 5.15. The van der Waals surface area contributed by atoms with Crippen molar-refractivity contribution >= 4 is 0 Å². The van der Waals surface area contributed by atoms with Crippen LogP contribution in [-0.2, 0) is 12.8 Å². The molecule has 0 aromatic heterocycles. The van der Waals surface area contributed by atoms with E-state index in [9.17, 15) is 0 Å². The molecule has 0 fully saturated rings. The summed E-state index contributed by atoms with van der Waals surface area (Å²) in [5, 5.41) is 0. The minimum absolute atomic E-state index is 0.928. The van der Waals surface area contributed by atoms with E-state index in [1.165, 1.54) is 24.0 Å². The van der Waals surface area contributed by atoms with Crippen molar-refractivity contribution in [2.75, 3.05) is 7.11 Å². The van der Waals surface area contributed by atoms with Crippen LogP contribution < -0.4 is 4.74 Å². The van der Waals surface area contributed by atoms with Gasteiger partial charge in [0, 0.05) is 0 Å². The van der Waals surface area contributed by atoms with Crippen LogP contribution >= 0.6 is 0 Å². The molecule has 0 spiro atoms. The monoisotopic (exact) mass is 239 g/mol. The second kappa shape index (κ2) is 6.85. The number of ether oxygens (including phenoxy) is 1. The molecule has 93 valence electrons. The number of unbranched alkanes of at least 4 members (excludes halogenated alkanes) is 1. The maximum atomic E-state index is 5.15. The molecule has 2 aromatic rings. The van der Waals surface area contributed by atoms with E-state index in [4.69, 9.17) is 4.74 Å². The van der Waals surface area contributed by atoms with Crippen LogP contribution in [0.4, 0.5) is 0 Å². The highest BCUT2D eigenvalue weighted by atomic mass is 16.5. The Morgan fingerprint density at radius 3 is 2.39 bits per heavy atom. The Kier molecular flexibility index (Phi) is 4.83. The lowest BCUT2D eigenvalue weighted by atomic mass is 10.0. The molecule has 0 heterocycles. The van der Waals surface area contributed by atoms with Crippen LogP contribution in [0.5, 0.6) is 5.75 Å². The van der Waals surface area contributed by atoms with Crippen molar-refractivity contribution in [1.29, 1.82) is 0 Å². The Labute approximate surface area is 109 Å². The average molecular weight is 239 g/mol. The van der Waals surface area contributed by atoms with Crippen LogP contribution in [0, 0.1) is 6.07 Å². The summed E-state index contributed by atoms with van der Waals surface area (Å²) in [5.41, 5.74) is 2.69. The molecule has 0 amide bonds. The molecule has 0 N–H and O–H groups in total. The maximum Gasteiger partial charge on any atom is 0.118 e. The molecule has 0 atom stereocenters. The Balaban J connectivity index is 1.72. The van der Waals surface area contributed by atoms with Crippen molar-refractivity contribution in [2.45, 2.75) is 25.7 Å². The molecule has 0 unspecified atom stereocenters. The van der Waals surface area contributed by atoms with Crippen LogP contribution in [0.1, 0.15) is 24.0 Å². The molecule has 0 bridgehead atoms. The number of aryl methyl sites for hydroxylation is 2. The first kappa shape index (κ1) is 12.7. The highest BCUT2D eigenvalue weighted by Crippen LogP contribution is 2.14. The van der Waals surface area contributed by atoms with Gasteiger partial charge in [0.2, 0.25) is 0 Å². The van der Waals surface area contributed by atoms with Gasteiger partial charge in [-0.05, 0) is 55.0 Å². The molecule has 1 radical (unpaired) electrons. The van der Waals surface area contributed by atoms with Crippen LogP contribution in [0.15, 0.2) is 48.5 Å². The van der Waals surface area contributed by atoms with Gasteiger partial charge in [0.25, 0.3) is 0 Å². The normalized spacial score (nSPS) is 10.3. The second-order valence-corrected chi connectivity index (χ2v) is 4.44. The minimum Gasteiger partial charge on any atom is -0.497 e. The van der Waals surface area contributed by atoms with Crippen molar-refractivity contribution in [3.63, 3.8) is 0 Å². The van der Waals surface area contributed by atoms with Crippen molar-refractivity contribution in [3.05, 3.63) is 65.7 Å². The van der Waals surface area contributed by atoms with Gasteiger partial charge in [0.15, 0.2) is 0 Å². The molecule has 0 saturated heterocycles. The Hall–Kier alpha value is -1.76. The summed E-state index contributed by atoms with van der Waals surface area (Å²) >= 11 is 0. The van der Waals surface area contributed by atoms with E-state index in [0.29, 0.717) is 0 Å². The molecule has 1 heteroatoms. The van der Waals surface area contributed by atoms with E-state index in [-0.39, 0.29) is 0 Å². The summed E-state index contributed by atoms with van der Waals surface area (Å²) in [6.07, 6.45) is 4.69. The van der Waals surface area contributed by atoms with E-state index in [1.807, 2.05) is 24.3 Å². The predicted octanol–water partition coefficient (Wildman–Crippen LogP) is 4.06. The lowest BCUT2D eigenvalue weighted by Crippen LogP contribution is -1.90. The van der Waals surface area contributed by atoms with Gasteiger partial charge in [-0.15, -0.1) is 0 Å². The van der Waals surface area contributed by atoms with Gasteiger partial charge in [0.1, 0.15) is 5.75 Å². The van der Waals surface area contributed by atoms with Crippen LogP contribution in [-0.4, -0.2) is 7.11 Å². The zero-order valence-corrected chi connectivity index (χ0v) is 10.9. The van der Waals surface area contributed by atoms with E-state index < -0.39 is 0 Å². The SMILES string of the molecule is COc1ccc(CCCCc2[c]cccc2)cc1. The third-order valence-corrected chi connectivity index (χ3v) is 3.09. The molecule has 2 rings (SSSR count). The molecule has 0 aliphatic rings. The minimum atomic E-state index is 0.928. The lowest BCUT2D eigenvalue weighted by molar-refractivity contribution is 0.414. The number of hydrogen-bond acceptors (Lipinski definition) is 1.